The molecule has 0 spiro atoms. The summed E-state index contributed by atoms with van der Waals surface area (Å²) in [5, 5.41) is 0. The molecule has 0 bridgehead atoms. The van der Waals surface area contributed by atoms with E-state index in [2.05, 4.69) is 23.7 Å². The third-order valence-electron chi connectivity index (χ3n) is 7.05. The van der Waals surface area contributed by atoms with Crippen LogP contribution in [0.4, 0.5) is 26.3 Å². The molecular weight excluding hydrogens is 506 g/mol. The second kappa shape index (κ2) is 11.1. The van der Waals surface area contributed by atoms with Gasteiger partial charge in [0.2, 0.25) is 0 Å². The Hall–Kier alpha value is -2.51. The Kier molecular flexibility index (Phi) is 8.24. The predicted octanol–water partition coefficient (Wildman–Crippen LogP) is 9.58. The van der Waals surface area contributed by atoms with Crippen LogP contribution in [0.2, 0.25) is 0 Å². The summed E-state index contributed by atoms with van der Waals surface area (Å²) in [5.74, 6) is 11.7. The fourth-order valence-electron chi connectivity index (χ4n) is 5.13. The maximum absolute atomic E-state index is 14.1. The Morgan fingerprint density at radius 3 is 1.30 bits per heavy atom. The summed E-state index contributed by atoms with van der Waals surface area (Å²) in [5.41, 5.74) is -1.93. The number of hydrogen-bond donors (Lipinski definition) is 0. The third-order valence-corrected chi connectivity index (χ3v) is 8.17. The van der Waals surface area contributed by atoms with Gasteiger partial charge in [0, 0.05) is 21.6 Å². The number of rotatable bonds is 2. The van der Waals surface area contributed by atoms with E-state index in [4.69, 9.17) is 0 Å². The van der Waals surface area contributed by atoms with Crippen LogP contribution in [-0.2, 0) is 12.4 Å². The molecule has 0 aromatic heterocycles. The van der Waals surface area contributed by atoms with Crippen LogP contribution in [-0.4, -0.2) is 0 Å². The van der Waals surface area contributed by atoms with Crippen molar-refractivity contribution >= 4 is 11.8 Å². The van der Waals surface area contributed by atoms with Crippen molar-refractivity contribution in [2.75, 3.05) is 0 Å². The van der Waals surface area contributed by atoms with E-state index in [0.717, 1.165) is 63.1 Å². The SMILES string of the molecule is Cc1ccc(Sc2ccc(C)c(C(F)(F)F)c2C#CC2CCCC2)c(C#CC2CCCC2)c1C(F)(F)F. The molecule has 37 heavy (non-hydrogen) atoms. The molecule has 2 aliphatic rings. The highest BCUT2D eigenvalue weighted by molar-refractivity contribution is 7.99. The number of halogens is 6. The van der Waals surface area contributed by atoms with Gasteiger partial charge in [0.25, 0.3) is 0 Å². The van der Waals surface area contributed by atoms with Crippen molar-refractivity contribution in [1.82, 2.24) is 0 Å². The highest BCUT2D eigenvalue weighted by atomic mass is 32.2. The van der Waals surface area contributed by atoms with E-state index in [1.165, 1.54) is 38.1 Å². The molecule has 0 unspecified atom stereocenters. The zero-order valence-corrected chi connectivity index (χ0v) is 21.6. The Labute approximate surface area is 218 Å². The van der Waals surface area contributed by atoms with Crippen molar-refractivity contribution in [3.63, 3.8) is 0 Å². The monoisotopic (exact) mass is 534 g/mol. The fourth-order valence-corrected chi connectivity index (χ4v) is 6.15. The Morgan fingerprint density at radius 1 is 0.622 bits per heavy atom. The van der Waals surface area contributed by atoms with Gasteiger partial charge in [-0.2, -0.15) is 26.3 Å². The van der Waals surface area contributed by atoms with E-state index in [9.17, 15) is 26.3 Å². The molecule has 2 saturated carbocycles. The van der Waals surface area contributed by atoms with Crippen molar-refractivity contribution in [3.8, 4) is 23.7 Å². The molecule has 0 nitrogen and oxygen atoms in total. The maximum atomic E-state index is 14.1. The standard InChI is InChI=1S/C30H28F6S/c1-19-11-17-25(23(27(19)29(31,32)33)15-13-21-7-3-4-8-21)37-26-18-12-20(2)28(30(34,35)36)24(26)16-14-22-9-5-6-10-22/h11-12,17-18,21-22H,3-10H2,1-2H3. The van der Waals surface area contributed by atoms with Crippen LogP contribution >= 0.6 is 11.8 Å². The first-order chi connectivity index (χ1) is 17.4. The molecule has 0 saturated heterocycles. The lowest BCUT2D eigenvalue weighted by Crippen LogP contribution is -2.12. The molecule has 2 fully saturated rings. The lowest BCUT2D eigenvalue weighted by Gasteiger charge is -2.19. The molecule has 4 rings (SSSR count). The number of aryl methyl sites for hydroxylation is 2. The lowest BCUT2D eigenvalue weighted by molar-refractivity contribution is -0.139. The van der Waals surface area contributed by atoms with Crippen LogP contribution < -0.4 is 0 Å². The summed E-state index contributed by atoms with van der Waals surface area (Å²) in [7, 11) is 0. The van der Waals surface area contributed by atoms with Crippen molar-refractivity contribution in [1.29, 1.82) is 0 Å². The molecule has 2 aromatic rings. The van der Waals surface area contributed by atoms with Crippen LogP contribution in [0, 0.1) is 49.4 Å². The molecule has 0 radical (unpaired) electrons. The topological polar surface area (TPSA) is 0 Å². The summed E-state index contributed by atoms with van der Waals surface area (Å²) in [6.45, 7) is 2.76. The minimum Gasteiger partial charge on any atom is -0.166 e. The minimum atomic E-state index is -4.64. The molecule has 0 atom stereocenters. The maximum Gasteiger partial charge on any atom is 0.417 e. The van der Waals surface area contributed by atoms with E-state index in [-0.39, 0.29) is 43.9 Å². The quantitative estimate of drug-likeness (QED) is 0.273. The second-order valence-electron chi connectivity index (χ2n) is 9.86. The molecule has 0 amide bonds. The summed E-state index contributed by atoms with van der Waals surface area (Å²) in [6.07, 6.45) is -1.94. The highest BCUT2D eigenvalue weighted by Crippen LogP contribution is 2.44. The first-order valence-electron chi connectivity index (χ1n) is 12.6. The molecule has 196 valence electrons. The fraction of sp³-hybridized carbons (Fsp3) is 0.467. The Bertz CT molecular complexity index is 1170. The summed E-state index contributed by atoms with van der Waals surface area (Å²) >= 11 is 0.879. The highest BCUT2D eigenvalue weighted by Gasteiger charge is 2.38. The van der Waals surface area contributed by atoms with Crippen molar-refractivity contribution < 1.29 is 26.3 Å². The zero-order chi connectivity index (χ0) is 26.8. The van der Waals surface area contributed by atoms with Gasteiger partial charge < -0.3 is 0 Å². The van der Waals surface area contributed by atoms with Gasteiger partial charge in [0.1, 0.15) is 0 Å². The van der Waals surface area contributed by atoms with E-state index in [1.54, 1.807) is 0 Å². The van der Waals surface area contributed by atoms with Crippen molar-refractivity contribution in [3.05, 3.63) is 57.6 Å². The van der Waals surface area contributed by atoms with Gasteiger partial charge in [-0.15, -0.1) is 0 Å². The molecule has 2 aromatic carbocycles. The zero-order valence-electron chi connectivity index (χ0n) is 20.8. The van der Waals surface area contributed by atoms with Crippen LogP contribution in [0.25, 0.3) is 0 Å². The Morgan fingerprint density at radius 2 is 0.973 bits per heavy atom. The van der Waals surface area contributed by atoms with E-state index >= 15 is 0 Å². The second-order valence-corrected chi connectivity index (χ2v) is 10.9. The van der Waals surface area contributed by atoms with Crippen LogP contribution in [0.3, 0.4) is 0 Å². The predicted molar refractivity (Wildman–Crippen MR) is 134 cm³/mol. The molecule has 7 heteroatoms. The first kappa shape index (κ1) is 27.5. The smallest absolute Gasteiger partial charge is 0.166 e. The van der Waals surface area contributed by atoms with Gasteiger partial charge >= 0.3 is 12.4 Å². The van der Waals surface area contributed by atoms with E-state index < -0.39 is 23.5 Å². The van der Waals surface area contributed by atoms with Crippen molar-refractivity contribution in [2.24, 2.45) is 11.8 Å². The van der Waals surface area contributed by atoms with Gasteiger partial charge in [-0.25, -0.2) is 0 Å². The van der Waals surface area contributed by atoms with Crippen molar-refractivity contribution in [2.45, 2.75) is 87.4 Å². The summed E-state index contributed by atoms with van der Waals surface area (Å²) in [6, 6.07) is 5.76. The van der Waals surface area contributed by atoms with Crippen LogP contribution in [0.1, 0.15) is 84.7 Å². The molecule has 2 aliphatic carbocycles. The number of hydrogen-bond acceptors (Lipinski definition) is 1. The minimum absolute atomic E-state index is 0.0310. The summed E-state index contributed by atoms with van der Waals surface area (Å²) < 4.78 is 84.8. The van der Waals surface area contributed by atoms with Gasteiger partial charge in [-0.05, 0) is 62.8 Å². The van der Waals surface area contributed by atoms with E-state index in [0.29, 0.717) is 0 Å². The third kappa shape index (κ3) is 6.50. The van der Waals surface area contributed by atoms with Gasteiger partial charge in [-0.3, -0.25) is 0 Å². The molecule has 0 N–H and O–H groups in total. The van der Waals surface area contributed by atoms with Gasteiger partial charge in [-0.1, -0.05) is 73.3 Å². The average molecular weight is 535 g/mol. The largest absolute Gasteiger partial charge is 0.417 e. The van der Waals surface area contributed by atoms with Crippen LogP contribution in [0.5, 0.6) is 0 Å². The molecule has 0 aliphatic heterocycles. The van der Waals surface area contributed by atoms with Crippen LogP contribution in [0.15, 0.2) is 34.1 Å². The van der Waals surface area contributed by atoms with Gasteiger partial charge in [0.15, 0.2) is 0 Å². The molecule has 0 heterocycles. The number of benzene rings is 2. The molecular formula is C30H28F6S. The van der Waals surface area contributed by atoms with Gasteiger partial charge in [0.05, 0.1) is 22.3 Å². The normalized spacial score (nSPS) is 16.9. The lowest BCUT2D eigenvalue weighted by atomic mass is 10.00. The first-order valence-corrected chi connectivity index (χ1v) is 13.4. The number of alkyl halides is 6. The van der Waals surface area contributed by atoms with E-state index in [1.807, 2.05) is 0 Å². The Balaban J connectivity index is 1.86. The summed E-state index contributed by atoms with van der Waals surface area (Å²) in [4.78, 5) is 0.369. The average Bonchev–Trinajstić information content (AvgIpc) is 3.51.